The molecule has 0 amide bonds. The van der Waals surface area contributed by atoms with Crippen LogP contribution in [0.1, 0.15) is 24.8 Å². The summed E-state index contributed by atoms with van der Waals surface area (Å²) in [5.41, 5.74) is 1.22. The Kier molecular flexibility index (Phi) is 5.33. The molecule has 0 bridgehead atoms. The molecule has 0 aliphatic carbocycles. The minimum absolute atomic E-state index is 0.0327. The molecule has 2 aliphatic heterocycles. The number of ether oxygens (including phenoxy) is 2. The number of rotatable bonds is 4. The summed E-state index contributed by atoms with van der Waals surface area (Å²) >= 11 is 1.40. The Hall–Kier alpha value is -2.06. The van der Waals surface area contributed by atoms with Gasteiger partial charge < -0.3 is 14.4 Å². The van der Waals surface area contributed by atoms with E-state index in [4.69, 9.17) is 9.47 Å². The molecule has 0 atom stereocenters. The van der Waals surface area contributed by atoms with Crippen LogP contribution < -0.4 is 15.2 Å². The van der Waals surface area contributed by atoms with E-state index in [0.717, 1.165) is 62.0 Å². The van der Waals surface area contributed by atoms with E-state index in [-0.39, 0.29) is 5.56 Å². The molecule has 7 nitrogen and oxygen atoms in total. The second-order valence-electron chi connectivity index (χ2n) is 7.62. The zero-order chi connectivity index (χ0) is 19.7. The first-order valence-electron chi connectivity index (χ1n) is 9.59. The third-order valence-electron chi connectivity index (χ3n) is 5.93. The molecule has 0 saturated carbocycles. The van der Waals surface area contributed by atoms with Crippen LogP contribution in [-0.2, 0) is 11.8 Å². The van der Waals surface area contributed by atoms with Crippen LogP contribution in [0.2, 0.25) is 0 Å². The van der Waals surface area contributed by atoms with Gasteiger partial charge in [0, 0.05) is 43.4 Å². The summed E-state index contributed by atoms with van der Waals surface area (Å²) in [6, 6.07) is 1.89. The molecule has 0 unspecified atom stereocenters. The zero-order valence-corrected chi connectivity index (χ0v) is 17.4. The van der Waals surface area contributed by atoms with Crippen LogP contribution in [0.15, 0.2) is 33.0 Å². The van der Waals surface area contributed by atoms with Crippen LogP contribution in [0, 0.1) is 12.3 Å². The van der Waals surface area contributed by atoms with Gasteiger partial charge in [0.2, 0.25) is 11.8 Å². The SMILES string of the molecule is COc1nccc(Sc2cnc(N3CCC4(CCOC4)CC3)n(C)c2=O)c1C. The van der Waals surface area contributed by atoms with Crippen LogP contribution in [0.4, 0.5) is 5.95 Å². The topological polar surface area (TPSA) is 69.5 Å². The summed E-state index contributed by atoms with van der Waals surface area (Å²) in [6.07, 6.45) is 6.72. The Morgan fingerprint density at radius 3 is 2.68 bits per heavy atom. The van der Waals surface area contributed by atoms with Gasteiger partial charge in [0.05, 0.1) is 24.8 Å². The van der Waals surface area contributed by atoms with Crippen molar-refractivity contribution in [3.8, 4) is 5.88 Å². The smallest absolute Gasteiger partial charge is 0.268 e. The molecule has 0 N–H and O–H groups in total. The van der Waals surface area contributed by atoms with Gasteiger partial charge in [-0.2, -0.15) is 0 Å². The highest BCUT2D eigenvalue weighted by atomic mass is 32.2. The van der Waals surface area contributed by atoms with Gasteiger partial charge in [0.15, 0.2) is 0 Å². The van der Waals surface area contributed by atoms with Crippen molar-refractivity contribution in [2.45, 2.75) is 36.0 Å². The summed E-state index contributed by atoms with van der Waals surface area (Å²) < 4.78 is 12.6. The van der Waals surface area contributed by atoms with E-state index in [0.29, 0.717) is 16.2 Å². The molecule has 8 heteroatoms. The molecule has 2 saturated heterocycles. The van der Waals surface area contributed by atoms with Crippen LogP contribution in [0.5, 0.6) is 5.88 Å². The van der Waals surface area contributed by atoms with E-state index in [2.05, 4.69) is 14.9 Å². The van der Waals surface area contributed by atoms with Gasteiger partial charge in [0.25, 0.3) is 5.56 Å². The number of aromatic nitrogens is 3. The summed E-state index contributed by atoms with van der Waals surface area (Å²) in [5.74, 6) is 1.32. The predicted octanol–water partition coefficient (Wildman–Crippen LogP) is 2.65. The van der Waals surface area contributed by atoms with Crippen molar-refractivity contribution in [3.05, 3.63) is 34.4 Å². The lowest BCUT2D eigenvalue weighted by Crippen LogP contribution is -2.43. The molecular weight excluding hydrogens is 376 g/mol. The molecule has 150 valence electrons. The molecule has 2 aromatic heterocycles. The van der Waals surface area contributed by atoms with Crippen molar-refractivity contribution < 1.29 is 9.47 Å². The molecule has 2 fully saturated rings. The lowest BCUT2D eigenvalue weighted by Gasteiger charge is -2.39. The van der Waals surface area contributed by atoms with Gasteiger partial charge in [0.1, 0.15) is 0 Å². The number of hydrogen-bond acceptors (Lipinski definition) is 7. The Morgan fingerprint density at radius 2 is 2.00 bits per heavy atom. The monoisotopic (exact) mass is 402 g/mol. The van der Waals surface area contributed by atoms with E-state index < -0.39 is 0 Å². The fraction of sp³-hybridized carbons (Fsp3) is 0.550. The second-order valence-corrected chi connectivity index (χ2v) is 8.71. The van der Waals surface area contributed by atoms with Crippen LogP contribution >= 0.6 is 11.8 Å². The van der Waals surface area contributed by atoms with Crippen molar-refractivity contribution in [3.63, 3.8) is 0 Å². The highest BCUT2D eigenvalue weighted by Crippen LogP contribution is 2.40. The number of methoxy groups -OCH3 is 1. The minimum atomic E-state index is -0.0327. The highest BCUT2D eigenvalue weighted by molar-refractivity contribution is 7.99. The third kappa shape index (κ3) is 3.51. The van der Waals surface area contributed by atoms with E-state index >= 15 is 0 Å². The van der Waals surface area contributed by atoms with Crippen molar-refractivity contribution in [2.24, 2.45) is 12.5 Å². The molecule has 0 aromatic carbocycles. The standard InChI is InChI=1S/C20H26N4O3S/c1-14-15(4-8-21-17(14)26-3)28-16-12-22-19(23(2)18(16)25)24-9-5-20(6-10-24)7-11-27-13-20/h4,8,12H,5-7,9-11,13H2,1-3H3. The van der Waals surface area contributed by atoms with Crippen molar-refractivity contribution in [1.29, 1.82) is 0 Å². The number of hydrogen-bond donors (Lipinski definition) is 0. The molecule has 4 heterocycles. The molecule has 1 spiro atoms. The normalized spacial score (nSPS) is 18.6. The van der Waals surface area contributed by atoms with Crippen molar-refractivity contribution in [2.75, 3.05) is 38.3 Å². The lowest BCUT2D eigenvalue weighted by molar-refractivity contribution is 0.133. The number of anilines is 1. The quantitative estimate of drug-likeness (QED) is 0.779. The second kappa shape index (κ2) is 7.75. The Bertz CT molecular complexity index is 914. The predicted molar refractivity (Wildman–Crippen MR) is 108 cm³/mol. The van der Waals surface area contributed by atoms with Crippen molar-refractivity contribution >= 4 is 17.7 Å². The number of pyridine rings is 1. The van der Waals surface area contributed by atoms with E-state index in [1.807, 2.05) is 13.0 Å². The van der Waals surface area contributed by atoms with Crippen molar-refractivity contribution in [1.82, 2.24) is 14.5 Å². The number of piperidine rings is 1. The fourth-order valence-electron chi connectivity index (χ4n) is 4.04. The fourth-order valence-corrected chi connectivity index (χ4v) is 4.97. The first-order valence-corrected chi connectivity index (χ1v) is 10.4. The molecule has 28 heavy (non-hydrogen) atoms. The number of nitrogens with zero attached hydrogens (tertiary/aromatic N) is 4. The first-order chi connectivity index (χ1) is 13.5. The van der Waals surface area contributed by atoms with Gasteiger partial charge in [-0.05, 0) is 37.7 Å². The van der Waals surface area contributed by atoms with Gasteiger partial charge in [-0.25, -0.2) is 9.97 Å². The molecule has 2 aromatic rings. The van der Waals surface area contributed by atoms with Gasteiger partial charge >= 0.3 is 0 Å². The van der Waals surface area contributed by atoms with E-state index in [1.54, 1.807) is 31.1 Å². The van der Waals surface area contributed by atoms with Gasteiger partial charge in [-0.15, -0.1) is 0 Å². The molecule has 2 aliphatic rings. The Labute approximate surface area is 169 Å². The Balaban J connectivity index is 1.54. The summed E-state index contributed by atoms with van der Waals surface area (Å²) in [5, 5.41) is 0. The zero-order valence-electron chi connectivity index (χ0n) is 16.6. The average Bonchev–Trinajstić information content (AvgIpc) is 3.16. The van der Waals surface area contributed by atoms with Crippen LogP contribution in [-0.4, -0.2) is 47.9 Å². The average molecular weight is 403 g/mol. The maximum atomic E-state index is 13.0. The minimum Gasteiger partial charge on any atom is -0.481 e. The van der Waals surface area contributed by atoms with Crippen LogP contribution in [0.3, 0.4) is 0 Å². The van der Waals surface area contributed by atoms with Gasteiger partial charge in [-0.3, -0.25) is 9.36 Å². The summed E-state index contributed by atoms with van der Waals surface area (Å²) in [4.78, 5) is 25.6. The van der Waals surface area contributed by atoms with Gasteiger partial charge in [-0.1, -0.05) is 11.8 Å². The Morgan fingerprint density at radius 1 is 1.21 bits per heavy atom. The maximum Gasteiger partial charge on any atom is 0.268 e. The molecule has 4 rings (SSSR count). The maximum absolute atomic E-state index is 13.0. The molecular formula is C20H26N4O3S. The summed E-state index contributed by atoms with van der Waals surface area (Å²) in [7, 11) is 3.40. The largest absolute Gasteiger partial charge is 0.481 e. The third-order valence-corrected chi connectivity index (χ3v) is 7.09. The van der Waals surface area contributed by atoms with E-state index in [1.165, 1.54) is 11.8 Å². The molecule has 0 radical (unpaired) electrons. The van der Waals surface area contributed by atoms with E-state index in [9.17, 15) is 4.79 Å². The summed E-state index contributed by atoms with van der Waals surface area (Å²) in [6.45, 7) is 5.52. The first kappa shape index (κ1) is 19.3. The van der Waals surface area contributed by atoms with Crippen LogP contribution in [0.25, 0.3) is 0 Å². The highest BCUT2D eigenvalue weighted by Gasteiger charge is 2.38. The lowest BCUT2D eigenvalue weighted by atomic mass is 9.78.